The molecule has 0 fully saturated rings. The first-order chi connectivity index (χ1) is 16.8. The van der Waals surface area contributed by atoms with Gasteiger partial charge in [0.15, 0.2) is 0 Å². The van der Waals surface area contributed by atoms with Crippen LogP contribution in [0.4, 0.5) is 4.39 Å². The van der Waals surface area contributed by atoms with Crippen molar-refractivity contribution in [2.45, 2.75) is 56.7 Å². The van der Waals surface area contributed by atoms with Gasteiger partial charge in [0.05, 0.1) is 29.3 Å². The van der Waals surface area contributed by atoms with Crippen molar-refractivity contribution in [1.82, 2.24) is 9.78 Å². The van der Waals surface area contributed by atoms with Gasteiger partial charge in [0.1, 0.15) is 5.82 Å². The van der Waals surface area contributed by atoms with Crippen molar-refractivity contribution in [2.24, 2.45) is 0 Å². The number of aromatic nitrogens is 2. The number of benzene rings is 2. The summed E-state index contributed by atoms with van der Waals surface area (Å²) in [6.07, 6.45) is 3.79. The van der Waals surface area contributed by atoms with E-state index in [1.807, 2.05) is 24.3 Å². The number of aliphatic hydroxyl groups is 2. The minimum atomic E-state index is -1.37. The van der Waals surface area contributed by atoms with Gasteiger partial charge in [-0.25, -0.2) is 9.07 Å². The summed E-state index contributed by atoms with van der Waals surface area (Å²) in [6, 6.07) is 13.8. The van der Waals surface area contributed by atoms with Crippen molar-refractivity contribution in [2.75, 3.05) is 0 Å². The summed E-state index contributed by atoms with van der Waals surface area (Å²) in [5.74, 6) is -1.57. The van der Waals surface area contributed by atoms with Crippen LogP contribution in [0.5, 0.6) is 0 Å². The van der Waals surface area contributed by atoms with Gasteiger partial charge in [-0.3, -0.25) is 0 Å². The third-order valence-electron chi connectivity index (χ3n) is 6.31. The first kappa shape index (κ1) is 28.6. The molecule has 1 aromatic heterocycles. The number of carbonyl (C=O) groups excluding carboxylic acids is 1. The van der Waals surface area contributed by atoms with Crippen LogP contribution >= 0.6 is 11.6 Å². The second kappa shape index (κ2) is 13.0. The largest absolute Gasteiger partial charge is 1.00 e. The van der Waals surface area contributed by atoms with Crippen molar-refractivity contribution in [3.8, 4) is 5.69 Å². The average Bonchev–Trinajstić information content (AvgIpc) is 3.18. The molecule has 0 radical (unpaired) electrons. The molecule has 1 aliphatic rings. The van der Waals surface area contributed by atoms with Crippen LogP contribution in [0, 0.1) is 5.82 Å². The Labute approximate surface area is 236 Å². The molecule has 3 atom stereocenters. The fourth-order valence-electron chi connectivity index (χ4n) is 4.64. The van der Waals surface area contributed by atoms with Crippen molar-refractivity contribution in [3.05, 3.63) is 88.0 Å². The third-order valence-corrected chi connectivity index (χ3v) is 6.68. The first-order valence-electron chi connectivity index (χ1n) is 11.7. The zero-order valence-electron chi connectivity index (χ0n) is 20.1. The molecular weight excluding hydrogens is 494 g/mol. The normalized spacial score (nSPS) is 16.8. The van der Waals surface area contributed by atoms with E-state index in [9.17, 15) is 24.5 Å². The predicted octanol–water partition coefficient (Wildman–Crippen LogP) is 0.596. The van der Waals surface area contributed by atoms with Gasteiger partial charge in [0, 0.05) is 35.3 Å². The SMILES string of the molecule is O=C([O-])C[C@@H](O)C[C@@H](O)/C=C/c1c2c(nn1-c1ccc(F)cc1)C(Cc1ccccc1Cl)CCC2.[Na+]. The molecule has 4 rings (SSSR count). The van der Waals surface area contributed by atoms with E-state index in [1.54, 1.807) is 22.9 Å². The van der Waals surface area contributed by atoms with E-state index in [0.717, 1.165) is 53.2 Å². The summed E-state index contributed by atoms with van der Waals surface area (Å²) in [5.41, 5.74) is 4.51. The van der Waals surface area contributed by atoms with Gasteiger partial charge >= 0.3 is 29.6 Å². The van der Waals surface area contributed by atoms with Crippen LogP contribution in [0.2, 0.25) is 5.02 Å². The Balaban J connectivity index is 0.00000361. The number of hydrogen-bond donors (Lipinski definition) is 2. The van der Waals surface area contributed by atoms with Crippen LogP contribution in [0.15, 0.2) is 54.6 Å². The molecule has 0 saturated heterocycles. The summed E-state index contributed by atoms with van der Waals surface area (Å²) in [5, 5.41) is 36.5. The topological polar surface area (TPSA) is 98.4 Å². The molecule has 0 saturated carbocycles. The van der Waals surface area contributed by atoms with Gasteiger partial charge in [-0.1, -0.05) is 35.9 Å². The number of aliphatic hydroxyl groups excluding tert-OH is 2. The summed E-state index contributed by atoms with van der Waals surface area (Å²) < 4.78 is 15.3. The molecule has 2 N–H and O–H groups in total. The Morgan fingerprint density at radius 1 is 1.22 bits per heavy atom. The van der Waals surface area contributed by atoms with Gasteiger partial charge in [-0.2, -0.15) is 5.10 Å². The minimum Gasteiger partial charge on any atom is -0.550 e. The number of fused-ring (bicyclic) bond motifs is 1. The Kier molecular flexibility index (Phi) is 10.3. The van der Waals surface area contributed by atoms with E-state index in [1.165, 1.54) is 18.2 Å². The molecule has 6 nitrogen and oxygen atoms in total. The van der Waals surface area contributed by atoms with Crippen LogP contribution in [-0.2, 0) is 17.6 Å². The number of carboxylic acid groups (broad SMARTS) is 1. The summed E-state index contributed by atoms with van der Waals surface area (Å²) in [6.45, 7) is 0. The van der Waals surface area contributed by atoms with Gasteiger partial charge in [-0.15, -0.1) is 0 Å². The summed E-state index contributed by atoms with van der Waals surface area (Å²) in [4.78, 5) is 10.7. The molecule has 1 unspecified atom stereocenters. The second-order valence-electron chi connectivity index (χ2n) is 8.91. The van der Waals surface area contributed by atoms with Gasteiger partial charge < -0.3 is 20.1 Å². The quantitative estimate of drug-likeness (QED) is 0.403. The van der Waals surface area contributed by atoms with Crippen LogP contribution in [-0.4, -0.2) is 38.2 Å². The predicted molar refractivity (Wildman–Crippen MR) is 130 cm³/mol. The average molecular weight is 521 g/mol. The third kappa shape index (κ3) is 7.06. The Bertz CT molecular complexity index is 1210. The van der Waals surface area contributed by atoms with E-state index < -0.39 is 24.6 Å². The van der Waals surface area contributed by atoms with E-state index in [0.29, 0.717) is 5.69 Å². The summed E-state index contributed by atoms with van der Waals surface area (Å²) in [7, 11) is 0. The van der Waals surface area contributed by atoms with Crippen molar-refractivity contribution in [1.29, 1.82) is 0 Å². The molecule has 0 aliphatic heterocycles. The van der Waals surface area contributed by atoms with Crippen LogP contribution in [0.3, 0.4) is 0 Å². The molecule has 0 amide bonds. The Morgan fingerprint density at radius 2 is 1.94 bits per heavy atom. The van der Waals surface area contributed by atoms with E-state index >= 15 is 0 Å². The molecule has 1 heterocycles. The maximum atomic E-state index is 13.6. The number of nitrogens with zero attached hydrogens (tertiary/aromatic N) is 2. The molecule has 184 valence electrons. The second-order valence-corrected chi connectivity index (χ2v) is 9.32. The Morgan fingerprint density at radius 3 is 2.64 bits per heavy atom. The van der Waals surface area contributed by atoms with E-state index in [2.05, 4.69) is 0 Å². The molecule has 0 bridgehead atoms. The number of carbonyl (C=O) groups is 1. The fraction of sp³-hybridized carbons (Fsp3) is 0.333. The Hall–Kier alpha value is -2.00. The van der Waals surface area contributed by atoms with Gasteiger partial charge in [0.25, 0.3) is 0 Å². The van der Waals surface area contributed by atoms with Crippen LogP contribution < -0.4 is 34.7 Å². The maximum Gasteiger partial charge on any atom is 1.00 e. The van der Waals surface area contributed by atoms with Crippen LogP contribution in [0.1, 0.15) is 54.1 Å². The minimum absolute atomic E-state index is 0. The first-order valence-corrected chi connectivity index (χ1v) is 12.0. The zero-order valence-corrected chi connectivity index (χ0v) is 22.9. The number of carboxylic acids is 1. The van der Waals surface area contributed by atoms with Gasteiger partial charge in [-0.05, 0) is 67.7 Å². The fourth-order valence-corrected chi connectivity index (χ4v) is 4.85. The zero-order chi connectivity index (χ0) is 24.9. The molecule has 3 aromatic rings. The van der Waals surface area contributed by atoms with E-state index in [-0.39, 0.29) is 47.7 Å². The number of rotatable bonds is 9. The van der Waals surface area contributed by atoms with Gasteiger partial charge in [0.2, 0.25) is 0 Å². The van der Waals surface area contributed by atoms with Crippen molar-refractivity contribution >= 4 is 23.6 Å². The molecule has 0 spiro atoms. The summed E-state index contributed by atoms with van der Waals surface area (Å²) >= 11 is 6.41. The van der Waals surface area contributed by atoms with Crippen molar-refractivity contribution < 1.29 is 54.1 Å². The standard InChI is InChI=1S/C27H28ClFN2O4.Na/c28-24-7-2-1-4-17(24)14-18-5-3-6-23-25(13-12-21(32)15-22(33)16-26(34)35)31(30-27(18)23)20-10-8-19(29)9-11-20;/h1-2,4,7-13,18,21-22,32-33H,3,5-6,14-16H2,(H,34,35);/q;+1/p-1/b13-12+;/t18?,21-,22-;/m0./s1. The molecule has 2 aromatic carbocycles. The number of aliphatic carboxylic acids is 1. The molecule has 36 heavy (non-hydrogen) atoms. The maximum absolute atomic E-state index is 13.6. The number of halogens is 2. The van der Waals surface area contributed by atoms with E-state index in [4.69, 9.17) is 16.7 Å². The van der Waals surface area contributed by atoms with Crippen molar-refractivity contribution in [3.63, 3.8) is 0 Å². The molecule has 1 aliphatic carbocycles. The smallest absolute Gasteiger partial charge is 0.550 e. The van der Waals surface area contributed by atoms with Crippen LogP contribution in [0.25, 0.3) is 11.8 Å². The number of hydrogen-bond acceptors (Lipinski definition) is 5. The monoisotopic (exact) mass is 520 g/mol. The molecular formula is C27H27ClFN2NaO4. The molecule has 9 heteroatoms.